The van der Waals surface area contributed by atoms with Gasteiger partial charge in [0.15, 0.2) is 5.60 Å². The van der Waals surface area contributed by atoms with Gasteiger partial charge in [-0.25, -0.2) is 4.79 Å². The van der Waals surface area contributed by atoms with Crippen molar-refractivity contribution in [1.82, 2.24) is 0 Å². The molecule has 0 radical (unpaired) electrons. The Balaban J connectivity index is 4.57. The van der Waals surface area contributed by atoms with E-state index in [9.17, 15) is 4.79 Å². The van der Waals surface area contributed by atoms with E-state index in [0.29, 0.717) is 0 Å². The lowest BCUT2D eigenvalue weighted by Crippen LogP contribution is -2.30. The highest BCUT2D eigenvalue weighted by Crippen LogP contribution is 1.97. The van der Waals surface area contributed by atoms with Crippen LogP contribution in [0.15, 0.2) is 0 Å². The summed E-state index contributed by atoms with van der Waals surface area (Å²) in [6, 6.07) is 0. The van der Waals surface area contributed by atoms with Crippen molar-refractivity contribution in [3.8, 4) is 0 Å². The van der Waals surface area contributed by atoms with Crippen molar-refractivity contribution < 1.29 is 19.1 Å². The number of rotatable bonds is 1. The second-order valence-electron chi connectivity index (χ2n) is 1.38. The molecule has 2 N–H and O–H groups in total. The zero-order valence-corrected chi connectivity index (χ0v) is 3.80. The fourth-order valence-electron chi connectivity index (χ4n) is 0. The summed E-state index contributed by atoms with van der Waals surface area (Å²) in [5.74, 6) is -1.74. The van der Waals surface area contributed by atoms with Gasteiger partial charge in [0.25, 0.3) is 0 Å². The Bertz CT molecular complexity index is 148. The summed E-state index contributed by atoms with van der Waals surface area (Å²) >= 11 is 0. The summed E-state index contributed by atoms with van der Waals surface area (Å²) in [6.07, 6.45) is 0. The molecule has 0 aliphatic carbocycles. The average Bonchev–Trinajstić information content (AvgIpc) is 1.62. The number of aliphatic carboxylic acids is 1. The highest BCUT2D eigenvalue weighted by molar-refractivity contribution is 5.75. The average molecular weight is 107 g/mol. The molecule has 0 aromatic carbocycles. The van der Waals surface area contributed by atoms with Crippen molar-refractivity contribution in [2.45, 2.75) is 19.4 Å². The van der Waals surface area contributed by atoms with Gasteiger partial charge < -0.3 is 10.2 Å². The minimum Gasteiger partial charge on any atom is -0.479 e. The first kappa shape index (κ1) is 2.67. The Morgan fingerprint density at radius 2 is 2.43 bits per heavy atom. The van der Waals surface area contributed by atoms with Crippen LogP contribution in [0.1, 0.15) is 17.9 Å². The predicted molar refractivity (Wildman–Crippen MR) is 23.9 cm³/mol. The summed E-state index contributed by atoms with van der Waals surface area (Å²) in [4.78, 5) is 10.1. The Morgan fingerprint density at radius 1 is 2.00 bits per heavy atom. The number of carbonyl (C=O) groups is 1. The molecule has 0 aliphatic rings. The quantitative estimate of drug-likeness (QED) is 0.489. The summed E-state index contributed by atoms with van der Waals surface area (Å²) < 4.78 is 19.7. The Hall–Kier alpha value is -0.570. The molecule has 0 rings (SSSR count). The number of carboxylic acids is 1. The first-order valence-corrected chi connectivity index (χ1v) is 1.65. The normalized spacial score (nSPS) is 26.3. The Labute approximate surface area is 45.8 Å². The van der Waals surface area contributed by atoms with Gasteiger partial charge in [0.1, 0.15) is 0 Å². The van der Waals surface area contributed by atoms with Crippen molar-refractivity contribution in [3.05, 3.63) is 0 Å². The van der Waals surface area contributed by atoms with Crippen LogP contribution in [0.2, 0.25) is 0 Å². The lowest BCUT2D eigenvalue weighted by atomic mass is 10.1. The smallest absolute Gasteiger partial charge is 0.335 e. The SMILES string of the molecule is [2H]C([2H])([2H])[C@@](C)(O)C(=O)O. The van der Waals surface area contributed by atoms with Crippen LogP contribution in [0.25, 0.3) is 0 Å². The topological polar surface area (TPSA) is 57.5 Å². The molecule has 0 spiro atoms. The van der Waals surface area contributed by atoms with Crippen molar-refractivity contribution >= 4 is 5.97 Å². The summed E-state index contributed by atoms with van der Waals surface area (Å²) in [5.41, 5.74) is -2.65. The van der Waals surface area contributed by atoms with Gasteiger partial charge >= 0.3 is 5.97 Å². The highest BCUT2D eigenvalue weighted by Gasteiger charge is 2.21. The second-order valence-corrected chi connectivity index (χ2v) is 1.38. The molecule has 7 heavy (non-hydrogen) atoms. The molecular weight excluding hydrogens is 96.0 g/mol. The molecule has 3 heteroatoms. The van der Waals surface area contributed by atoms with Crippen molar-refractivity contribution in [2.24, 2.45) is 0 Å². The minimum atomic E-state index is -2.88. The van der Waals surface area contributed by atoms with E-state index in [2.05, 4.69) is 0 Å². The van der Waals surface area contributed by atoms with E-state index in [1.54, 1.807) is 0 Å². The molecule has 0 heterocycles. The molecule has 0 aromatic heterocycles. The van der Waals surface area contributed by atoms with Crippen LogP contribution >= 0.6 is 0 Å². The molecule has 0 saturated carbocycles. The van der Waals surface area contributed by atoms with E-state index in [0.717, 1.165) is 6.92 Å². The Kier molecular flexibility index (Phi) is 0.571. The lowest BCUT2D eigenvalue weighted by Gasteiger charge is -2.07. The summed E-state index contributed by atoms with van der Waals surface area (Å²) in [7, 11) is 0. The molecule has 3 nitrogen and oxygen atoms in total. The van der Waals surface area contributed by atoms with E-state index in [-0.39, 0.29) is 0 Å². The first-order valence-electron chi connectivity index (χ1n) is 3.15. The largest absolute Gasteiger partial charge is 0.479 e. The van der Waals surface area contributed by atoms with Crippen LogP contribution in [-0.4, -0.2) is 21.8 Å². The summed E-state index contributed by atoms with van der Waals surface area (Å²) in [6.45, 7) is -2.14. The molecule has 0 aliphatic heterocycles. The molecular formula is C4H8O3. The molecule has 0 unspecified atom stereocenters. The minimum absolute atomic E-state index is 0.738. The van der Waals surface area contributed by atoms with E-state index < -0.39 is 18.4 Å². The number of carboxylic acid groups (broad SMARTS) is 1. The van der Waals surface area contributed by atoms with Crippen LogP contribution in [0, 0.1) is 0 Å². The molecule has 0 aromatic rings. The van der Waals surface area contributed by atoms with Gasteiger partial charge in [0.2, 0.25) is 0 Å². The van der Waals surface area contributed by atoms with Crippen LogP contribution in [0.5, 0.6) is 0 Å². The van der Waals surface area contributed by atoms with Gasteiger partial charge in [-0.1, -0.05) is 0 Å². The standard InChI is InChI=1S/C4H8O3/c1-4(2,7)3(5)6/h7H,1-2H3,(H,5,6)/i1D3/t4-/m0/s1. The third-order valence-corrected chi connectivity index (χ3v) is 0.416. The fourth-order valence-corrected chi connectivity index (χ4v) is 0. The third kappa shape index (κ3) is 2.17. The van der Waals surface area contributed by atoms with Gasteiger partial charge in [-0.05, 0) is 13.8 Å². The number of hydrogen-bond donors (Lipinski definition) is 2. The maximum absolute atomic E-state index is 10.1. The molecule has 1 atom stereocenters. The predicted octanol–water partition coefficient (Wildman–Crippen LogP) is -0.158. The van der Waals surface area contributed by atoms with Gasteiger partial charge in [0, 0.05) is 4.11 Å². The highest BCUT2D eigenvalue weighted by atomic mass is 16.4. The van der Waals surface area contributed by atoms with Crippen molar-refractivity contribution in [3.63, 3.8) is 0 Å². The fraction of sp³-hybridized carbons (Fsp3) is 0.750. The molecule has 0 bridgehead atoms. The van der Waals surface area contributed by atoms with Crippen molar-refractivity contribution in [1.29, 1.82) is 0 Å². The van der Waals surface area contributed by atoms with Gasteiger partial charge in [-0.2, -0.15) is 0 Å². The van der Waals surface area contributed by atoms with E-state index in [1.807, 2.05) is 0 Å². The molecule has 0 saturated heterocycles. The zero-order valence-electron chi connectivity index (χ0n) is 6.80. The molecule has 0 fully saturated rings. The van der Waals surface area contributed by atoms with E-state index in [4.69, 9.17) is 14.3 Å². The van der Waals surface area contributed by atoms with Crippen LogP contribution in [0.4, 0.5) is 0 Å². The monoisotopic (exact) mass is 107 g/mol. The van der Waals surface area contributed by atoms with E-state index >= 15 is 0 Å². The first-order chi connectivity index (χ1) is 4.19. The number of aliphatic hydroxyl groups is 1. The van der Waals surface area contributed by atoms with Gasteiger partial charge in [-0.15, -0.1) is 0 Å². The molecule has 0 amide bonds. The van der Waals surface area contributed by atoms with Gasteiger partial charge in [0.05, 0.1) is 0 Å². The molecule has 42 valence electrons. The van der Waals surface area contributed by atoms with Crippen LogP contribution in [-0.2, 0) is 4.79 Å². The van der Waals surface area contributed by atoms with E-state index in [1.165, 1.54) is 0 Å². The van der Waals surface area contributed by atoms with Crippen LogP contribution in [0.3, 0.4) is 0 Å². The second kappa shape index (κ2) is 1.50. The maximum atomic E-state index is 10.1. The van der Waals surface area contributed by atoms with Crippen molar-refractivity contribution in [2.75, 3.05) is 0 Å². The van der Waals surface area contributed by atoms with Gasteiger partial charge in [-0.3, -0.25) is 0 Å². The maximum Gasteiger partial charge on any atom is 0.335 e. The van der Waals surface area contributed by atoms with Crippen LogP contribution < -0.4 is 0 Å². The lowest BCUT2D eigenvalue weighted by molar-refractivity contribution is -0.154. The Morgan fingerprint density at radius 3 is 2.43 bits per heavy atom. The zero-order chi connectivity index (χ0) is 8.58. The number of hydrogen-bond acceptors (Lipinski definition) is 2. The third-order valence-electron chi connectivity index (χ3n) is 0.416. The summed E-state index contributed by atoms with van der Waals surface area (Å²) in [5, 5.41) is 16.9.